The van der Waals surface area contributed by atoms with Gasteiger partial charge in [-0.3, -0.25) is 9.59 Å². The van der Waals surface area contributed by atoms with Crippen molar-refractivity contribution in [1.82, 2.24) is 4.90 Å². The molecule has 1 heterocycles. The van der Waals surface area contributed by atoms with Crippen molar-refractivity contribution in [3.63, 3.8) is 0 Å². The standard InChI is InChI=1S/C24H29N3O2/c1-17-8-2-3-9-18(17)15-25-21-12-6-7-13-22(21)26-24(29)19-14-23(28)27(16-19)20-10-4-5-11-20/h2-3,6-9,12-13,19-20,25H,4-5,10-11,14-16H2,1H3,(H,26,29). The van der Waals surface area contributed by atoms with Gasteiger partial charge in [-0.15, -0.1) is 0 Å². The number of aryl methyl sites for hydroxylation is 1. The molecule has 5 heteroatoms. The van der Waals surface area contributed by atoms with Crippen LogP contribution in [0.2, 0.25) is 0 Å². The minimum absolute atomic E-state index is 0.0658. The predicted molar refractivity (Wildman–Crippen MR) is 116 cm³/mol. The Balaban J connectivity index is 1.40. The van der Waals surface area contributed by atoms with E-state index < -0.39 is 0 Å². The predicted octanol–water partition coefficient (Wildman–Crippen LogP) is 4.34. The number of anilines is 2. The number of rotatable bonds is 6. The Bertz CT molecular complexity index is 889. The second-order valence-electron chi connectivity index (χ2n) is 8.20. The van der Waals surface area contributed by atoms with Crippen molar-refractivity contribution in [3.05, 3.63) is 59.7 Å². The second kappa shape index (κ2) is 8.68. The van der Waals surface area contributed by atoms with Crippen LogP contribution in [-0.4, -0.2) is 29.3 Å². The molecule has 0 bridgehead atoms. The highest BCUT2D eigenvalue weighted by atomic mass is 16.2. The lowest BCUT2D eigenvalue weighted by molar-refractivity contribution is -0.129. The van der Waals surface area contributed by atoms with Crippen molar-refractivity contribution < 1.29 is 9.59 Å². The van der Waals surface area contributed by atoms with Gasteiger partial charge in [0.15, 0.2) is 0 Å². The van der Waals surface area contributed by atoms with Crippen LogP contribution in [0.3, 0.4) is 0 Å². The number of carbonyl (C=O) groups is 2. The smallest absolute Gasteiger partial charge is 0.229 e. The number of nitrogens with zero attached hydrogens (tertiary/aromatic N) is 1. The molecule has 1 aliphatic heterocycles. The largest absolute Gasteiger partial charge is 0.379 e. The van der Waals surface area contributed by atoms with Crippen molar-refractivity contribution in [2.45, 2.75) is 51.6 Å². The van der Waals surface area contributed by atoms with Crippen LogP contribution in [0.5, 0.6) is 0 Å². The molecule has 1 saturated carbocycles. The monoisotopic (exact) mass is 391 g/mol. The molecule has 2 aromatic rings. The highest BCUT2D eigenvalue weighted by Gasteiger charge is 2.38. The Morgan fingerprint density at radius 2 is 1.72 bits per heavy atom. The average molecular weight is 392 g/mol. The molecule has 2 N–H and O–H groups in total. The Morgan fingerprint density at radius 1 is 1.03 bits per heavy atom. The molecule has 0 aromatic heterocycles. The first-order valence-corrected chi connectivity index (χ1v) is 10.6. The number of hydrogen-bond donors (Lipinski definition) is 2. The molecular weight excluding hydrogens is 362 g/mol. The lowest BCUT2D eigenvalue weighted by Gasteiger charge is -2.24. The van der Waals surface area contributed by atoms with Crippen molar-refractivity contribution in [1.29, 1.82) is 0 Å². The molecule has 152 valence electrons. The number of amides is 2. The Morgan fingerprint density at radius 3 is 2.48 bits per heavy atom. The summed E-state index contributed by atoms with van der Waals surface area (Å²) in [4.78, 5) is 27.2. The zero-order valence-electron chi connectivity index (χ0n) is 17.0. The quantitative estimate of drug-likeness (QED) is 0.770. The second-order valence-corrected chi connectivity index (χ2v) is 8.20. The normalized spacial score (nSPS) is 19.6. The van der Waals surface area contributed by atoms with Crippen molar-refractivity contribution in [2.75, 3.05) is 17.2 Å². The topological polar surface area (TPSA) is 61.4 Å². The fourth-order valence-corrected chi connectivity index (χ4v) is 4.46. The zero-order valence-corrected chi connectivity index (χ0v) is 17.0. The van der Waals surface area contributed by atoms with Crippen LogP contribution in [0.1, 0.15) is 43.2 Å². The van der Waals surface area contributed by atoms with Crippen LogP contribution >= 0.6 is 0 Å². The molecule has 1 atom stereocenters. The molecule has 5 nitrogen and oxygen atoms in total. The van der Waals surface area contributed by atoms with E-state index in [9.17, 15) is 9.59 Å². The highest BCUT2D eigenvalue weighted by molar-refractivity contribution is 5.99. The van der Waals surface area contributed by atoms with Crippen molar-refractivity contribution in [2.24, 2.45) is 5.92 Å². The molecule has 2 amide bonds. The Kier molecular flexibility index (Phi) is 5.84. The maximum atomic E-state index is 12.9. The van der Waals surface area contributed by atoms with Crippen LogP contribution in [0.4, 0.5) is 11.4 Å². The van der Waals surface area contributed by atoms with Gasteiger partial charge in [-0.2, -0.15) is 0 Å². The van der Waals surface area contributed by atoms with E-state index in [0.29, 0.717) is 25.6 Å². The lowest BCUT2D eigenvalue weighted by Crippen LogP contribution is -2.35. The molecular formula is C24H29N3O2. The van der Waals surface area contributed by atoms with Gasteiger partial charge >= 0.3 is 0 Å². The van der Waals surface area contributed by atoms with Crippen LogP contribution in [0, 0.1) is 12.8 Å². The molecule has 2 aromatic carbocycles. The fraction of sp³-hybridized carbons (Fsp3) is 0.417. The summed E-state index contributed by atoms with van der Waals surface area (Å²) < 4.78 is 0. The van der Waals surface area contributed by atoms with Crippen molar-refractivity contribution in [3.8, 4) is 0 Å². The maximum absolute atomic E-state index is 12.9. The summed E-state index contributed by atoms with van der Waals surface area (Å²) in [5.74, 6) is -0.209. The number of para-hydroxylation sites is 2. The third-order valence-corrected chi connectivity index (χ3v) is 6.21. The summed E-state index contributed by atoms with van der Waals surface area (Å²) in [6.45, 7) is 3.34. The summed E-state index contributed by atoms with van der Waals surface area (Å²) in [6, 6.07) is 16.3. The van der Waals surface area contributed by atoms with E-state index in [1.54, 1.807) is 0 Å². The number of hydrogen-bond acceptors (Lipinski definition) is 3. The van der Waals surface area contributed by atoms with Crippen LogP contribution in [-0.2, 0) is 16.1 Å². The fourth-order valence-electron chi connectivity index (χ4n) is 4.46. The summed E-state index contributed by atoms with van der Waals surface area (Å²) in [7, 11) is 0. The number of carbonyl (C=O) groups excluding carboxylic acids is 2. The first-order valence-electron chi connectivity index (χ1n) is 10.6. The molecule has 0 radical (unpaired) electrons. The maximum Gasteiger partial charge on any atom is 0.229 e. The van der Waals surface area contributed by atoms with Crippen LogP contribution in [0.25, 0.3) is 0 Å². The van der Waals surface area contributed by atoms with E-state index in [2.05, 4.69) is 29.7 Å². The summed E-state index contributed by atoms with van der Waals surface area (Å²) in [5, 5.41) is 6.49. The number of nitrogens with one attached hydrogen (secondary N) is 2. The molecule has 2 fully saturated rings. The molecule has 2 aliphatic rings. The van der Waals surface area contributed by atoms with E-state index in [1.807, 2.05) is 41.3 Å². The van der Waals surface area contributed by atoms with E-state index in [0.717, 1.165) is 24.2 Å². The van der Waals surface area contributed by atoms with Crippen LogP contribution in [0.15, 0.2) is 48.5 Å². The van der Waals surface area contributed by atoms with E-state index >= 15 is 0 Å². The van der Waals surface area contributed by atoms with E-state index in [-0.39, 0.29) is 17.7 Å². The van der Waals surface area contributed by atoms with Crippen molar-refractivity contribution >= 4 is 23.2 Å². The van der Waals surface area contributed by atoms with Gasteiger partial charge in [-0.25, -0.2) is 0 Å². The lowest BCUT2D eigenvalue weighted by atomic mass is 10.1. The molecule has 1 saturated heterocycles. The first kappa shape index (κ1) is 19.5. The molecule has 0 spiro atoms. The molecule has 1 unspecified atom stereocenters. The van der Waals surface area contributed by atoms with Gasteiger partial charge in [0.05, 0.1) is 17.3 Å². The summed E-state index contributed by atoms with van der Waals surface area (Å²) in [6.07, 6.45) is 4.84. The average Bonchev–Trinajstić information content (AvgIpc) is 3.38. The zero-order chi connectivity index (χ0) is 20.2. The third kappa shape index (κ3) is 4.44. The Labute approximate surface area is 172 Å². The SMILES string of the molecule is Cc1ccccc1CNc1ccccc1NC(=O)C1CC(=O)N(C2CCCC2)C1. The molecule has 4 rings (SSSR count). The number of benzene rings is 2. The van der Waals surface area contributed by atoms with Gasteiger partial charge in [-0.1, -0.05) is 49.2 Å². The first-order chi connectivity index (χ1) is 14.1. The van der Waals surface area contributed by atoms with Gasteiger partial charge in [0.1, 0.15) is 0 Å². The van der Waals surface area contributed by atoms with Gasteiger partial charge in [0, 0.05) is 25.6 Å². The summed E-state index contributed by atoms with van der Waals surface area (Å²) >= 11 is 0. The minimum Gasteiger partial charge on any atom is -0.379 e. The molecule has 1 aliphatic carbocycles. The highest BCUT2D eigenvalue weighted by Crippen LogP contribution is 2.30. The Hall–Kier alpha value is -2.82. The van der Waals surface area contributed by atoms with Gasteiger partial charge in [-0.05, 0) is 43.0 Å². The van der Waals surface area contributed by atoms with Gasteiger partial charge in [0.2, 0.25) is 11.8 Å². The minimum atomic E-state index is -0.271. The third-order valence-electron chi connectivity index (χ3n) is 6.21. The molecule has 29 heavy (non-hydrogen) atoms. The van der Waals surface area contributed by atoms with Crippen LogP contribution < -0.4 is 10.6 Å². The van der Waals surface area contributed by atoms with Gasteiger partial charge < -0.3 is 15.5 Å². The van der Waals surface area contributed by atoms with E-state index in [4.69, 9.17) is 0 Å². The number of likely N-dealkylation sites (tertiary alicyclic amines) is 1. The van der Waals surface area contributed by atoms with Gasteiger partial charge in [0.25, 0.3) is 0 Å². The van der Waals surface area contributed by atoms with E-state index in [1.165, 1.54) is 24.0 Å². The summed E-state index contributed by atoms with van der Waals surface area (Å²) in [5.41, 5.74) is 4.11.